The highest BCUT2D eigenvalue weighted by Crippen LogP contribution is 2.47. The summed E-state index contributed by atoms with van der Waals surface area (Å²) >= 11 is 0. The van der Waals surface area contributed by atoms with Crippen LogP contribution < -0.4 is 0 Å². The molecule has 4 heterocycles. The Kier molecular flexibility index (Phi) is 5.47. The summed E-state index contributed by atoms with van der Waals surface area (Å²) in [6.07, 6.45) is 3.92. The van der Waals surface area contributed by atoms with E-state index in [1.54, 1.807) is 0 Å². The fourth-order valence-electron chi connectivity index (χ4n) is 8.86. The Labute approximate surface area is 298 Å². The molecule has 0 fully saturated rings. The largest absolute Gasteiger partial charge is 0.309 e. The molecule has 0 aliphatic heterocycles. The fraction of sp³-hybridized carbons (Fsp3) is 0. The standard InChI is InChI=1S/C48H28N4/c1-2-11-33(12-3-1)51-41-16-7-6-14-35(41)38-25-31(18-20-42(38)51)32-19-21-43-39(26-32)47-34-13-5-4-9-29(34)17-22-44(47)52(43)45-27-37-36-15-8-10-30-23-24-49-48(46(30)36)40(37)28-50-45/h1-28H. The number of pyridine rings is 2. The van der Waals surface area contributed by atoms with E-state index in [2.05, 4.69) is 167 Å². The molecule has 0 unspecified atom stereocenters. The zero-order valence-corrected chi connectivity index (χ0v) is 28.0. The smallest absolute Gasteiger partial charge is 0.138 e. The maximum atomic E-state index is 5.13. The van der Waals surface area contributed by atoms with E-state index in [-0.39, 0.29) is 0 Å². The minimum atomic E-state index is 0.904. The Balaban J connectivity index is 1.10. The van der Waals surface area contributed by atoms with Gasteiger partial charge in [0.2, 0.25) is 0 Å². The van der Waals surface area contributed by atoms with Crippen molar-refractivity contribution in [1.82, 2.24) is 19.1 Å². The van der Waals surface area contributed by atoms with Crippen LogP contribution >= 0.6 is 0 Å². The lowest BCUT2D eigenvalue weighted by atomic mass is 9.99. The molecule has 0 atom stereocenters. The molecule has 11 aromatic rings. The van der Waals surface area contributed by atoms with Crippen LogP contribution in [-0.4, -0.2) is 19.1 Å². The zero-order chi connectivity index (χ0) is 33.9. The molecular formula is C48H28N4. The fourth-order valence-corrected chi connectivity index (χ4v) is 8.86. The molecule has 0 saturated carbocycles. The number of hydrogen-bond donors (Lipinski definition) is 0. The third kappa shape index (κ3) is 3.70. The lowest BCUT2D eigenvalue weighted by Crippen LogP contribution is -1.98. The van der Waals surface area contributed by atoms with Crippen LogP contribution in [0.4, 0.5) is 0 Å². The number of nitrogens with zero attached hydrogens (tertiary/aromatic N) is 4. The van der Waals surface area contributed by atoms with Crippen molar-refractivity contribution < 1.29 is 0 Å². The minimum absolute atomic E-state index is 0.904. The second kappa shape index (κ2) is 10.3. The van der Waals surface area contributed by atoms with Crippen LogP contribution in [0.1, 0.15) is 0 Å². The van der Waals surface area contributed by atoms with Gasteiger partial charge in [-0.2, -0.15) is 0 Å². The van der Waals surface area contributed by atoms with E-state index in [1.165, 1.54) is 82.1 Å². The van der Waals surface area contributed by atoms with Crippen molar-refractivity contribution in [3.8, 4) is 45.0 Å². The highest BCUT2D eigenvalue weighted by Gasteiger charge is 2.25. The van der Waals surface area contributed by atoms with E-state index in [4.69, 9.17) is 9.97 Å². The second-order valence-electron chi connectivity index (χ2n) is 13.8. The van der Waals surface area contributed by atoms with Crippen molar-refractivity contribution in [2.75, 3.05) is 0 Å². The topological polar surface area (TPSA) is 35.6 Å². The van der Waals surface area contributed by atoms with Crippen LogP contribution in [0.3, 0.4) is 0 Å². The number of para-hydroxylation sites is 2. The summed E-state index contributed by atoms with van der Waals surface area (Å²) in [4.78, 5) is 9.92. The van der Waals surface area contributed by atoms with E-state index in [0.717, 1.165) is 28.1 Å². The van der Waals surface area contributed by atoms with Crippen molar-refractivity contribution in [3.63, 3.8) is 0 Å². The van der Waals surface area contributed by atoms with E-state index in [9.17, 15) is 0 Å². The first kappa shape index (κ1) is 27.7. The van der Waals surface area contributed by atoms with Crippen LogP contribution in [-0.2, 0) is 0 Å². The molecule has 52 heavy (non-hydrogen) atoms. The molecule has 0 saturated heterocycles. The number of fused-ring (bicyclic) bond motifs is 11. The summed E-state index contributed by atoms with van der Waals surface area (Å²) in [5, 5.41) is 9.84. The molecular weight excluding hydrogens is 633 g/mol. The lowest BCUT2D eigenvalue weighted by Gasteiger charge is -2.10. The van der Waals surface area contributed by atoms with Crippen molar-refractivity contribution in [2.45, 2.75) is 0 Å². The van der Waals surface area contributed by atoms with Crippen LogP contribution in [0.15, 0.2) is 170 Å². The summed E-state index contributed by atoms with van der Waals surface area (Å²) in [6.45, 7) is 0. The molecule has 0 amide bonds. The lowest BCUT2D eigenvalue weighted by molar-refractivity contribution is 1.08. The maximum absolute atomic E-state index is 5.13. The van der Waals surface area contributed by atoms with Crippen LogP contribution in [0.5, 0.6) is 0 Å². The molecule has 0 bridgehead atoms. The van der Waals surface area contributed by atoms with Gasteiger partial charge in [-0.1, -0.05) is 97.1 Å². The summed E-state index contributed by atoms with van der Waals surface area (Å²) < 4.78 is 4.71. The van der Waals surface area contributed by atoms with Crippen LogP contribution in [0.2, 0.25) is 0 Å². The quantitative estimate of drug-likeness (QED) is 0.189. The van der Waals surface area contributed by atoms with Gasteiger partial charge in [-0.05, 0) is 99.1 Å². The summed E-state index contributed by atoms with van der Waals surface area (Å²) in [6, 6.07) is 57.3. The first-order valence-corrected chi connectivity index (χ1v) is 17.7. The van der Waals surface area contributed by atoms with Crippen molar-refractivity contribution in [3.05, 3.63) is 170 Å². The summed E-state index contributed by atoms with van der Waals surface area (Å²) in [5.41, 5.74) is 12.8. The second-order valence-corrected chi connectivity index (χ2v) is 13.8. The Hall–Kier alpha value is -7.04. The van der Waals surface area contributed by atoms with Gasteiger partial charge in [0, 0.05) is 50.6 Å². The molecule has 240 valence electrons. The van der Waals surface area contributed by atoms with Crippen molar-refractivity contribution in [1.29, 1.82) is 0 Å². The Morgan fingerprint density at radius 3 is 1.98 bits per heavy atom. The Morgan fingerprint density at radius 2 is 1.10 bits per heavy atom. The van der Waals surface area contributed by atoms with Gasteiger partial charge in [-0.3, -0.25) is 9.55 Å². The van der Waals surface area contributed by atoms with Gasteiger partial charge in [0.25, 0.3) is 0 Å². The average Bonchev–Trinajstić information content (AvgIpc) is 3.84. The maximum Gasteiger partial charge on any atom is 0.138 e. The van der Waals surface area contributed by atoms with Gasteiger partial charge in [-0.15, -0.1) is 0 Å². The molecule has 1 aliphatic carbocycles. The SMILES string of the molecule is c1ccc(-n2c3ccccc3c3cc(-c4ccc5c(c4)c4c6ccccc6ccc4n5-c4cc5c(cn4)-c4nccc6cccc-5c46)ccc32)cc1. The summed E-state index contributed by atoms with van der Waals surface area (Å²) in [5.74, 6) is 0.904. The van der Waals surface area contributed by atoms with Gasteiger partial charge in [-0.25, -0.2) is 4.98 Å². The van der Waals surface area contributed by atoms with Crippen LogP contribution in [0.25, 0.3) is 110 Å². The molecule has 7 aromatic carbocycles. The Bertz CT molecular complexity index is 3290. The number of benzene rings is 7. The first-order chi connectivity index (χ1) is 25.8. The van der Waals surface area contributed by atoms with Crippen LogP contribution in [0, 0.1) is 0 Å². The van der Waals surface area contributed by atoms with E-state index in [0.29, 0.717) is 0 Å². The number of aromatic nitrogens is 4. The monoisotopic (exact) mass is 660 g/mol. The molecule has 4 nitrogen and oxygen atoms in total. The van der Waals surface area contributed by atoms with E-state index < -0.39 is 0 Å². The predicted molar refractivity (Wildman–Crippen MR) is 216 cm³/mol. The molecule has 0 N–H and O–H groups in total. The average molecular weight is 661 g/mol. The van der Waals surface area contributed by atoms with Crippen molar-refractivity contribution >= 4 is 65.2 Å². The van der Waals surface area contributed by atoms with Gasteiger partial charge in [0.05, 0.1) is 27.8 Å². The predicted octanol–water partition coefficient (Wildman–Crippen LogP) is 12.3. The molecule has 4 heteroatoms. The third-order valence-corrected chi connectivity index (χ3v) is 11.1. The van der Waals surface area contributed by atoms with Gasteiger partial charge < -0.3 is 4.57 Å². The summed E-state index contributed by atoms with van der Waals surface area (Å²) in [7, 11) is 0. The van der Waals surface area contributed by atoms with Crippen molar-refractivity contribution in [2.24, 2.45) is 0 Å². The van der Waals surface area contributed by atoms with Gasteiger partial charge in [0.15, 0.2) is 0 Å². The minimum Gasteiger partial charge on any atom is -0.309 e. The molecule has 12 rings (SSSR count). The Morgan fingerprint density at radius 1 is 0.385 bits per heavy atom. The molecule has 4 aromatic heterocycles. The molecule has 0 spiro atoms. The van der Waals surface area contributed by atoms with Gasteiger partial charge >= 0.3 is 0 Å². The zero-order valence-electron chi connectivity index (χ0n) is 28.0. The first-order valence-electron chi connectivity index (χ1n) is 17.7. The van der Waals surface area contributed by atoms with E-state index in [1.807, 2.05) is 12.4 Å². The number of hydrogen-bond acceptors (Lipinski definition) is 2. The third-order valence-electron chi connectivity index (χ3n) is 11.1. The number of rotatable bonds is 3. The highest BCUT2D eigenvalue weighted by atomic mass is 15.1. The van der Waals surface area contributed by atoms with E-state index >= 15 is 0 Å². The highest BCUT2D eigenvalue weighted by molar-refractivity contribution is 6.22. The molecule has 1 aliphatic rings. The molecule has 0 radical (unpaired) electrons. The normalized spacial score (nSPS) is 12.2. The van der Waals surface area contributed by atoms with Gasteiger partial charge in [0.1, 0.15) is 5.82 Å².